The number of amides is 2. The van der Waals surface area contributed by atoms with Crippen molar-refractivity contribution in [3.05, 3.63) is 65.0 Å². The molecule has 2 amide bonds. The van der Waals surface area contributed by atoms with Crippen LogP contribution in [0.4, 0.5) is 5.82 Å². The zero-order valence-electron chi connectivity index (χ0n) is 16.0. The van der Waals surface area contributed by atoms with E-state index >= 15 is 0 Å². The van der Waals surface area contributed by atoms with E-state index in [1.54, 1.807) is 30.3 Å². The SMILES string of the molecule is Cc1c(CN(C)C(=O)/C=C/c2cnc3c(c2)CCC(=O)N3)[nH]c2ccccc12. The van der Waals surface area contributed by atoms with Crippen LogP contribution in [0.5, 0.6) is 0 Å². The lowest BCUT2D eigenvalue weighted by Crippen LogP contribution is -2.24. The first-order valence-electron chi connectivity index (χ1n) is 9.29. The lowest BCUT2D eigenvalue weighted by Gasteiger charge is -2.16. The highest BCUT2D eigenvalue weighted by atomic mass is 16.2. The summed E-state index contributed by atoms with van der Waals surface area (Å²) in [4.78, 5) is 33.3. The van der Waals surface area contributed by atoms with E-state index in [9.17, 15) is 9.59 Å². The topological polar surface area (TPSA) is 78.1 Å². The van der Waals surface area contributed by atoms with Crippen molar-refractivity contribution in [2.45, 2.75) is 26.3 Å². The molecule has 2 aromatic heterocycles. The predicted molar refractivity (Wildman–Crippen MR) is 110 cm³/mol. The zero-order valence-corrected chi connectivity index (χ0v) is 16.0. The number of nitrogens with zero attached hydrogens (tertiary/aromatic N) is 2. The van der Waals surface area contributed by atoms with Crippen LogP contribution >= 0.6 is 0 Å². The maximum Gasteiger partial charge on any atom is 0.246 e. The minimum absolute atomic E-state index is 0.00707. The summed E-state index contributed by atoms with van der Waals surface area (Å²) < 4.78 is 0. The van der Waals surface area contributed by atoms with Crippen LogP contribution in [0.3, 0.4) is 0 Å². The third-order valence-corrected chi connectivity index (χ3v) is 5.13. The number of fused-ring (bicyclic) bond motifs is 2. The van der Waals surface area contributed by atoms with E-state index in [0.29, 0.717) is 25.2 Å². The van der Waals surface area contributed by atoms with Crippen molar-refractivity contribution >= 4 is 34.6 Å². The summed E-state index contributed by atoms with van der Waals surface area (Å²) in [5.41, 5.74) is 5.13. The number of rotatable bonds is 4. The van der Waals surface area contributed by atoms with Crippen LogP contribution in [0.1, 0.15) is 28.8 Å². The van der Waals surface area contributed by atoms with E-state index in [1.165, 1.54) is 10.9 Å². The monoisotopic (exact) mass is 374 g/mol. The van der Waals surface area contributed by atoms with Gasteiger partial charge in [-0.15, -0.1) is 0 Å². The molecule has 0 aliphatic carbocycles. The molecule has 0 atom stereocenters. The minimum Gasteiger partial charge on any atom is -0.357 e. The van der Waals surface area contributed by atoms with Crippen LogP contribution in [0.2, 0.25) is 0 Å². The van der Waals surface area contributed by atoms with E-state index in [2.05, 4.69) is 28.3 Å². The number of para-hydroxylation sites is 1. The number of nitrogens with one attached hydrogen (secondary N) is 2. The molecule has 6 heteroatoms. The second-order valence-corrected chi connectivity index (χ2v) is 7.13. The van der Waals surface area contributed by atoms with Crippen LogP contribution in [-0.4, -0.2) is 33.7 Å². The Morgan fingerprint density at radius 2 is 2.11 bits per heavy atom. The summed E-state index contributed by atoms with van der Waals surface area (Å²) in [6, 6.07) is 10.1. The van der Waals surface area contributed by atoms with Crippen molar-refractivity contribution in [1.82, 2.24) is 14.9 Å². The van der Waals surface area contributed by atoms with Gasteiger partial charge in [-0.25, -0.2) is 4.98 Å². The van der Waals surface area contributed by atoms with Gasteiger partial charge in [-0.05, 0) is 48.2 Å². The number of anilines is 1. The molecule has 28 heavy (non-hydrogen) atoms. The molecular weight excluding hydrogens is 352 g/mol. The van der Waals surface area contributed by atoms with Gasteiger partial charge in [0.05, 0.1) is 6.54 Å². The number of aromatic nitrogens is 2. The van der Waals surface area contributed by atoms with Gasteiger partial charge in [-0.2, -0.15) is 0 Å². The molecule has 0 bridgehead atoms. The van der Waals surface area contributed by atoms with Crippen LogP contribution in [0.15, 0.2) is 42.6 Å². The molecule has 0 spiro atoms. The summed E-state index contributed by atoms with van der Waals surface area (Å²) in [5.74, 6) is 0.530. The normalized spacial score (nSPS) is 13.6. The van der Waals surface area contributed by atoms with Gasteiger partial charge in [-0.1, -0.05) is 18.2 Å². The van der Waals surface area contributed by atoms with Gasteiger partial charge in [-0.3, -0.25) is 9.59 Å². The number of aryl methyl sites for hydroxylation is 2. The summed E-state index contributed by atoms with van der Waals surface area (Å²) in [5, 5.41) is 3.94. The number of aromatic amines is 1. The fraction of sp³-hybridized carbons (Fsp3) is 0.227. The molecule has 1 aliphatic heterocycles. The fourth-order valence-electron chi connectivity index (χ4n) is 3.47. The van der Waals surface area contributed by atoms with Gasteiger partial charge in [0.25, 0.3) is 0 Å². The van der Waals surface area contributed by atoms with Crippen molar-refractivity contribution in [2.24, 2.45) is 0 Å². The summed E-state index contributed by atoms with van der Waals surface area (Å²) in [7, 11) is 1.79. The lowest BCUT2D eigenvalue weighted by molar-refractivity contribution is -0.125. The van der Waals surface area contributed by atoms with Crippen molar-refractivity contribution in [1.29, 1.82) is 0 Å². The standard InChI is InChI=1S/C22H22N4O2/c1-14-17-5-3-4-6-18(17)24-19(14)13-26(2)21(28)10-7-15-11-16-8-9-20(27)25-22(16)23-12-15/h3-7,10-12,24H,8-9,13H2,1-2H3,(H,23,25,27)/b10-7+. The Morgan fingerprint density at radius 1 is 1.29 bits per heavy atom. The third-order valence-electron chi connectivity index (χ3n) is 5.13. The number of carbonyl (C=O) groups excluding carboxylic acids is 2. The Labute approximate surface area is 163 Å². The number of likely N-dealkylation sites (N-methyl/N-ethyl adjacent to an activating group) is 1. The van der Waals surface area contributed by atoms with Crippen molar-refractivity contribution < 1.29 is 9.59 Å². The predicted octanol–water partition coefficient (Wildman–Crippen LogP) is 3.43. The maximum atomic E-state index is 12.5. The first kappa shape index (κ1) is 18.0. The highest BCUT2D eigenvalue weighted by Crippen LogP contribution is 2.23. The molecule has 0 radical (unpaired) electrons. The molecule has 0 saturated carbocycles. The van der Waals surface area contributed by atoms with Gasteiger partial charge in [0.2, 0.25) is 11.8 Å². The highest BCUT2D eigenvalue weighted by Gasteiger charge is 2.16. The number of pyridine rings is 1. The Balaban J connectivity index is 1.45. The second kappa shape index (κ2) is 7.31. The van der Waals surface area contributed by atoms with E-state index in [4.69, 9.17) is 0 Å². The average molecular weight is 374 g/mol. The molecule has 6 nitrogen and oxygen atoms in total. The smallest absolute Gasteiger partial charge is 0.246 e. The van der Waals surface area contributed by atoms with Crippen molar-refractivity contribution in [3.8, 4) is 0 Å². The van der Waals surface area contributed by atoms with Gasteiger partial charge in [0, 0.05) is 42.3 Å². The quantitative estimate of drug-likeness (QED) is 0.687. The fourth-order valence-corrected chi connectivity index (χ4v) is 3.47. The molecule has 1 aromatic carbocycles. The summed E-state index contributed by atoms with van der Waals surface area (Å²) in [6.07, 6.45) is 6.12. The van der Waals surface area contributed by atoms with E-state index < -0.39 is 0 Å². The van der Waals surface area contributed by atoms with Gasteiger partial charge in [0.15, 0.2) is 0 Å². The Bertz CT molecular complexity index is 1100. The van der Waals surface area contributed by atoms with Gasteiger partial charge >= 0.3 is 0 Å². The van der Waals surface area contributed by atoms with E-state index in [0.717, 1.165) is 22.3 Å². The molecule has 0 fully saturated rings. The molecule has 2 N–H and O–H groups in total. The molecular formula is C22H22N4O2. The first-order chi connectivity index (χ1) is 13.5. The lowest BCUT2D eigenvalue weighted by atomic mass is 10.0. The molecule has 142 valence electrons. The molecule has 4 rings (SSSR count). The summed E-state index contributed by atoms with van der Waals surface area (Å²) >= 11 is 0. The zero-order chi connectivity index (χ0) is 19.7. The molecule has 3 heterocycles. The van der Waals surface area contributed by atoms with Crippen LogP contribution < -0.4 is 5.32 Å². The number of hydrogen-bond donors (Lipinski definition) is 2. The first-order valence-corrected chi connectivity index (χ1v) is 9.29. The largest absolute Gasteiger partial charge is 0.357 e. The van der Waals surface area contributed by atoms with Crippen LogP contribution in [0.25, 0.3) is 17.0 Å². The number of hydrogen-bond acceptors (Lipinski definition) is 3. The number of H-pyrrole nitrogens is 1. The summed E-state index contributed by atoms with van der Waals surface area (Å²) in [6.45, 7) is 2.58. The van der Waals surface area contributed by atoms with E-state index in [-0.39, 0.29) is 11.8 Å². The van der Waals surface area contributed by atoms with Crippen molar-refractivity contribution in [2.75, 3.05) is 12.4 Å². The van der Waals surface area contributed by atoms with Gasteiger partial charge < -0.3 is 15.2 Å². The third kappa shape index (κ3) is 3.53. The van der Waals surface area contributed by atoms with Crippen LogP contribution in [-0.2, 0) is 22.6 Å². The van der Waals surface area contributed by atoms with Crippen molar-refractivity contribution in [3.63, 3.8) is 0 Å². The average Bonchev–Trinajstić information content (AvgIpc) is 3.01. The number of carbonyl (C=O) groups is 2. The molecule has 1 aliphatic rings. The molecule has 0 unspecified atom stereocenters. The van der Waals surface area contributed by atoms with Gasteiger partial charge in [0.1, 0.15) is 5.82 Å². The number of benzene rings is 1. The Morgan fingerprint density at radius 3 is 2.93 bits per heavy atom. The van der Waals surface area contributed by atoms with Crippen LogP contribution in [0, 0.1) is 6.92 Å². The second-order valence-electron chi connectivity index (χ2n) is 7.13. The Hall–Kier alpha value is -3.41. The molecule has 3 aromatic rings. The highest BCUT2D eigenvalue weighted by molar-refractivity contribution is 5.94. The molecule has 0 saturated heterocycles. The minimum atomic E-state index is -0.0796. The van der Waals surface area contributed by atoms with E-state index in [1.807, 2.05) is 24.3 Å². The Kier molecular flexibility index (Phi) is 4.69. The maximum absolute atomic E-state index is 12.5.